The van der Waals surface area contributed by atoms with E-state index in [0.29, 0.717) is 0 Å². The number of carboxylic acid groups (broad SMARTS) is 1. The van der Waals surface area contributed by atoms with Gasteiger partial charge in [0.05, 0.1) is 5.92 Å². The molecule has 1 aliphatic rings. The van der Waals surface area contributed by atoms with Crippen LogP contribution in [0.4, 0.5) is 4.79 Å². The van der Waals surface area contributed by atoms with Crippen molar-refractivity contribution >= 4 is 12.1 Å². The average Bonchev–Trinajstić information content (AvgIpc) is 2.26. The zero-order chi connectivity index (χ0) is 15.6. The first-order valence-electron chi connectivity index (χ1n) is 7.05. The highest BCUT2D eigenvalue weighted by Gasteiger charge is 2.16. The molecule has 1 unspecified atom stereocenters. The molecule has 0 saturated carbocycles. The number of alkyl carbamates (subject to hydrolysis) is 1. The number of hydrogen-bond acceptors (Lipinski definition) is 3. The topological polar surface area (TPSA) is 75.6 Å². The summed E-state index contributed by atoms with van der Waals surface area (Å²) in [5.74, 6) is -0.722. The van der Waals surface area contributed by atoms with Crippen LogP contribution in [-0.4, -0.2) is 29.8 Å². The van der Waals surface area contributed by atoms with Crippen molar-refractivity contribution in [3.63, 3.8) is 0 Å². The summed E-state index contributed by atoms with van der Waals surface area (Å²) in [4.78, 5) is 21.1. The number of ether oxygens (including phenoxy) is 1. The molecule has 0 aromatic carbocycles. The lowest BCUT2D eigenvalue weighted by Gasteiger charge is -2.18. The Balaban J connectivity index is 0.000000370. The van der Waals surface area contributed by atoms with Crippen LogP contribution in [-0.2, 0) is 9.53 Å². The molecule has 0 heterocycles. The average molecular weight is 285 g/mol. The predicted molar refractivity (Wildman–Crippen MR) is 78.6 cm³/mol. The first-order chi connectivity index (χ1) is 9.26. The van der Waals surface area contributed by atoms with Crippen molar-refractivity contribution in [2.24, 2.45) is 5.92 Å². The van der Waals surface area contributed by atoms with Gasteiger partial charge in [0, 0.05) is 7.05 Å². The minimum absolute atomic E-state index is 0.0973. The number of amides is 1. The van der Waals surface area contributed by atoms with Gasteiger partial charge < -0.3 is 15.2 Å². The lowest BCUT2D eigenvalue weighted by atomic mass is 9.94. The number of carboxylic acids is 1. The largest absolute Gasteiger partial charge is 0.481 e. The highest BCUT2D eigenvalue weighted by atomic mass is 16.6. The summed E-state index contributed by atoms with van der Waals surface area (Å²) < 4.78 is 4.84. The van der Waals surface area contributed by atoms with Crippen molar-refractivity contribution in [1.29, 1.82) is 0 Å². The number of carbonyl (C=O) groups excluding carboxylic acids is 1. The molecule has 20 heavy (non-hydrogen) atoms. The quantitative estimate of drug-likeness (QED) is 0.724. The fourth-order valence-electron chi connectivity index (χ4n) is 1.74. The van der Waals surface area contributed by atoms with Crippen molar-refractivity contribution < 1.29 is 19.4 Å². The minimum Gasteiger partial charge on any atom is -0.481 e. The molecule has 0 bridgehead atoms. The zero-order valence-corrected chi connectivity index (χ0v) is 12.9. The van der Waals surface area contributed by atoms with E-state index in [1.54, 1.807) is 0 Å². The minimum atomic E-state index is -0.625. The van der Waals surface area contributed by atoms with Crippen molar-refractivity contribution in [2.45, 2.75) is 58.5 Å². The van der Waals surface area contributed by atoms with E-state index in [4.69, 9.17) is 9.84 Å². The Morgan fingerprint density at radius 1 is 1.20 bits per heavy atom. The van der Waals surface area contributed by atoms with Crippen LogP contribution in [0.15, 0.2) is 12.2 Å². The highest BCUT2D eigenvalue weighted by molar-refractivity contribution is 5.69. The first-order valence-corrected chi connectivity index (χ1v) is 7.05. The Labute approximate surface area is 121 Å². The fraction of sp³-hybridized carbons (Fsp3) is 0.733. The molecule has 1 atom stereocenters. The molecular weight excluding hydrogens is 258 g/mol. The van der Waals surface area contributed by atoms with Crippen LogP contribution in [0.5, 0.6) is 0 Å². The van der Waals surface area contributed by atoms with Crippen LogP contribution in [0.3, 0.4) is 0 Å². The first kappa shape index (κ1) is 18.5. The molecule has 0 spiro atoms. The Kier molecular flexibility index (Phi) is 8.68. The summed E-state index contributed by atoms with van der Waals surface area (Å²) in [7, 11) is 1.54. The molecule has 0 aliphatic heterocycles. The maximum absolute atomic E-state index is 10.6. The molecule has 0 radical (unpaired) electrons. The summed E-state index contributed by atoms with van der Waals surface area (Å²) in [6.45, 7) is 5.46. The molecule has 0 aromatic rings. The van der Waals surface area contributed by atoms with Crippen LogP contribution in [0.25, 0.3) is 0 Å². The summed E-state index contributed by atoms with van der Waals surface area (Å²) in [5, 5.41) is 11.1. The van der Waals surface area contributed by atoms with Crippen LogP contribution in [0.1, 0.15) is 52.9 Å². The number of nitrogens with one attached hydrogen (secondary N) is 1. The maximum Gasteiger partial charge on any atom is 0.407 e. The molecule has 5 heteroatoms. The van der Waals surface area contributed by atoms with Gasteiger partial charge in [-0.2, -0.15) is 0 Å². The Bertz CT molecular complexity index is 331. The van der Waals surface area contributed by atoms with E-state index in [9.17, 15) is 9.59 Å². The van der Waals surface area contributed by atoms with E-state index in [1.807, 2.05) is 20.8 Å². The summed E-state index contributed by atoms with van der Waals surface area (Å²) >= 11 is 0. The van der Waals surface area contributed by atoms with E-state index in [1.165, 1.54) is 7.05 Å². The molecule has 1 rings (SSSR count). The second kappa shape index (κ2) is 9.39. The predicted octanol–water partition coefficient (Wildman–Crippen LogP) is 3.35. The molecule has 0 aromatic heterocycles. The zero-order valence-electron chi connectivity index (χ0n) is 12.9. The van der Waals surface area contributed by atoms with Gasteiger partial charge >= 0.3 is 12.1 Å². The summed E-state index contributed by atoms with van der Waals surface area (Å²) in [6, 6.07) is 0. The van der Waals surface area contributed by atoms with Gasteiger partial charge in [-0.15, -0.1) is 0 Å². The number of hydrogen-bond donors (Lipinski definition) is 2. The van der Waals surface area contributed by atoms with Crippen molar-refractivity contribution in [2.75, 3.05) is 7.05 Å². The molecule has 0 fully saturated rings. The second-order valence-corrected chi connectivity index (χ2v) is 5.77. The Hall–Kier alpha value is -1.52. The van der Waals surface area contributed by atoms with Crippen LogP contribution in [0.2, 0.25) is 0 Å². The van der Waals surface area contributed by atoms with Gasteiger partial charge in [0.2, 0.25) is 0 Å². The third kappa shape index (κ3) is 10.4. The lowest BCUT2D eigenvalue weighted by molar-refractivity contribution is -0.142. The van der Waals surface area contributed by atoms with Crippen LogP contribution < -0.4 is 5.32 Å². The van der Waals surface area contributed by atoms with Crippen LogP contribution >= 0.6 is 0 Å². The van der Waals surface area contributed by atoms with Gasteiger partial charge in [-0.05, 0) is 52.9 Å². The van der Waals surface area contributed by atoms with Gasteiger partial charge in [0.15, 0.2) is 0 Å². The van der Waals surface area contributed by atoms with E-state index >= 15 is 0 Å². The molecule has 116 valence electrons. The third-order valence-corrected chi connectivity index (χ3v) is 2.72. The number of rotatable bonds is 1. The van der Waals surface area contributed by atoms with Crippen molar-refractivity contribution in [3.8, 4) is 0 Å². The van der Waals surface area contributed by atoms with Gasteiger partial charge in [0.25, 0.3) is 0 Å². The van der Waals surface area contributed by atoms with Gasteiger partial charge in [-0.3, -0.25) is 4.79 Å². The smallest absolute Gasteiger partial charge is 0.407 e. The van der Waals surface area contributed by atoms with E-state index in [-0.39, 0.29) is 17.6 Å². The highest BCUT2D eigenvalue weighted by Crippen LogP contribution is 2.18. The molecule has 1 aliphatic carbocycles. The van der Waals surface area contributed by atoms with E-state index < -0.39 is 5.97 Å². The maximum atomic E-state index is 10.6. The standard InChI is InChI=1S/C9H14O2.C6H13NO2/c10-9(11)8-6-4-2-1-3-5-7-8;1-6(2,3)9-5(8)7-4/h1-2,8H,3-7H2,(H,10,11);1-4H3,(H,7,8)/b2-1-;. The Morgan fingerprint density at radius 3 is 2.25 bits per heavy atom. The monoisotopic (exact) mass is 285 g/mol. The molecule has 5 nitrogen and oxygen atoms in total. The number of carbonyl (C=O) groups is 2. The van der Waals surface area contributed by atoms with Gasteiger partial charge in [-0.25, -0.2) is 4.79 Å². The molecule has 1 amide bonds. The van der Waals surface area contributed by atoms with Crippen molar-refractivity contribution in [3.05, 3.63) is 12.2 Å². The Morgan fingerprint density at radius 2 is 1.80 bits per heavy atom. The van der Waals surface area contributed by atoms with Gasteiger partial charge in [-0.1, -0.05) is 12.2 Å². The molecule has 2 N–H and O–H groups in total. The number of aliphatic carboxylic acids is 1. The van der Waals surface area contributed by atoms with Crippen LogP contribution in [0, 0.1) is 5.92 Å². The number of allylic oxidation sites excluding steroid dienone is 2. The van der Waals surface area contributed by atoms with Crippen molar-refractivity contribution in [1.82, 2.24) is 5.32 Å². The fourth-order valence-corrected chi connectivity index (χ4v) is 1.74. The van der Waals surface area contributed by atoms with Gasteiger partial charge in [0.1, 0.15) is 5.60 Å². The molecular formula is C15H27NO4. The lowest BCUT2D eigenvalue weighted by Crippen LogP contribution is -2.30. The second-order valence-electron chi connectivity index (χ2n) is 5.77. The van der Waals surface area contributed by atoms with E-state index in [0.717, 1.165) is 32.1 Å². The third-order valence-electron chi connectivity index (χ3n) is 2.72. The summed E-state index contributed by atoms with van der Waals surface area (Å²) in [6.07, 6.45) is 8.51. The normalized spacial score (nSPS) is 20.5. The SMILES string of the molecule is CNC(=O)OC(C)(C)C.O=C(O)C1CC/C=C\CCC1. The molecule has 0 saturated heterocycles. The van der Waals surface area contributed by atoms with E-state index in [2.05, 4.69) is 17.5 Å². The summed E-state index contributed by atoms with van der Waals surface area (Å²) in [5.41, 5.74) is -0.389.